The second-order valence-electron chi connectivity index (χ2n) is 5.86. The summed E-state index contributed by atoms with van der Waals surface area (Å²) in [5.74, 6) is 0.721. The number of hydrogen-bond acceptors (Lipinski definition) is 4. The molecule has 1 aliphatic heterocycles. The molecule has 0 radical (unpaired) electrons. The van der Waals surface area contributed by atoms with E-state index in [1.54, 1.807) is 19.2 Å². The molecule has 0 saturated carbocycles. The molecule has 1 aromatic rings. The Kier molecular flexibility index (Phi) is 6.39. The lowest BCUT2D eigenvalue weighted by Crippen LogP contribution is -2.44. The van der Waals surface area contributed by atoms with Crippen molar-refractivity contribution in [3.63, 3.8) is 0 Å². The van der Waals surface area contributed by atoms with E-state index in [0.717, 1.165) is 37.5 Å². The van der Waals surface area contributed by atoms with Gasteiger partial charge in [-0.15, -0.1) is 0 Å². The number of benzene rings is 1. The molecule has 3 N–H and O–H groups in total. The molecule has 1 heterocycles. The predicted molar refractivity (Wildman–Crippen MR) is 88.9 cm³/mol. The zero-order chi connectivity index (χ0) is 16.5. The van der Waals surface area contributed by atoms with Crippen LogP contribution in [0.15, 0.2) is 29.3 Å². The molecule has 1 saturated heterocycles. The van der Waals surface area contributed by atoms with E-state index in [2.05, 4.69) is 21.7 Å². The van der Waals surface area contributed by atoms with Gasteiger partial charge in [0.1, 0.15) is 0 Å². The van der Waals surface area contributed by atoms with Crippen LogP contribution >= 0.6 is 0 Å². The molecular formula is C17H24N4O2. The van der Waals surface area contributed by atoms with Crippen molar-refractivity contribution in [3.05, 3.63) is 35.4 Å². The van der Waals surface area contributed by atoms with Gasteiger partial charge in [0.05, 0.1) is 18.2 Å². The highest BCUT2D eigenvalue weighted by Gasteiger charge is 2.34. The Morgan fingerprint density at radius 2 is 2.17 bits per heavy atom. The smallest absolute Gasteiger partial charge is 0.191 e. The first-order valence-corrected chi connectivity index (χ1v) is 7.83. The quantitative estimate of drug-likeness (QED) is 0.538. The van der Waals surface area contributed by atoms with E-state index in [0.29, 0.717) is 18.7 Å². The fraction of sp³-hybridized carbons (Fsp3) is 0.529. The van der Waals surface area contributed by atoms with Gasteiger partial charge in [0.2, 0.25) is 0 Å². The van der Waals surface area contributed by atoms with Crippen LogP contribution in [0.1, 0.15) is 24.0 Å². The number of aliphatic hydroxyl groups is 1. The minimum atomic E-state index is -0.0131. The summed E-state index contributed by atoms with van der Waals surface area (Å²) >= 11 is 0. The van der Waals surface area contributed by atoms with Crippen LogP contribution in [0.3, 0.4) is 0 Å². The summed E-state index contributed by atoms with van der Waals surface area (Å²) in [6.07, 6.45) is 1.68. The summed E-state index contributed by atoms with van der Waals surface area (Å²) in [5, 5.41) is 24.6. The lowest BCUT2D eigenvalue weighted by molar-refractivity contribution is 0.127. The normalized spacial score (nSPS) is 21.0. The summed E-state index contributed by atoms with van der Waals surface area (Å²) in [6.45, 7) is 2.95. The van der Waals surface area contributed by atoms with Crippen LogP contribution in [0.2, 0.25) is 0 Å². The van der Waals surface area contributed by atoms with Crippen LogP contribution in [0.5, 0.6) is 0 Å². The molecule has 1 atom stereocenters. The summed E-state index contributed by atoms with van der Waals surface area (Å²) in [4.78, 5) is 4.23. The maximum Gasteiger partial charge on any atom is 0.191 e. The minimum absolute atomic E-state index is 0.0131. The molecular weight excluding hydrogens is 292 g/mol. The number of rotatable bonds is 6. The first-order valence-electron chi connectivity index (χ1n) is 7.83. The highest BCUT2D eigenvalue weighted by atomic mass is 16.5. The van der Waals surface area contributed by atoms with Gasteiger partial charge in [0, 0.05) is 38.8 Å². The summed E-state index contributed by atoms with van der Waals surface area (Å²) in [5.41, 5.74) is 1.73. The fourth-order valence-corrected chi connectivity index (χ4v) is 2.69. The molecule has 0 aliphatic carbocycles. The van der Waals surface area contributed by atoms with E-state index in [1.165, 1.54) is 0 Å². The maximum atomic E-state index is 9.26. The van der Waals surface area contributed by atoms with Crippen LogP contribution in [-0.2, 0) is 11.3 Å². The van der Waals surface area contributed by atoms with E-state index in [4.69, 9.17) is 10.00 Å². The second kappa shape index (κ2) is 8.51. The molecule has 1 unspecified atom stereocenters. The number of nitrogens with one attached hydrogen (secondary N) is 2. The average molecular weight is 316 g/mol. The number of hydrogen-bond donors (Lipinski definition) is 3. The van der Waals surface area contributed by atoms with Crippen molar-refractivity contribution < 1.29 is 9.84 Å². The molecule has 1 aliphatic rings. The SMILES string of the molecule is CN=C(NCc1ccc(C#N)cc1)NCC1(CCO)CCOC1. The zero-order valence-electron chi connectivity index (χ0n) is 13.5. The van der Waals surface area contributed by atoms with E-state index < -0.39 is 0 Å². The third kappa shape index (κ3) is 4.95. The lowest BCUT2D eigenvalue weighted by atomic mass is 9.84. The first-order chi connectivity index (χ1) is 11.2. The highest BCUT2D eigenvalue weighted by Crippen LogP contribution is 2.31. The molecule has 0 aromatic heterocycles. The lowest BCUT2D eigenvalue weighted by Gasteiger charge is -2.27. The Bertz CT molecular complexity index is 557. The molecule has 2 rings (SSSR count). The molecule has 1 fully saturated rings. The maximum absolute atomic E-state index is 9.26. The van der Waals surface area contributed by atoms with Crippen molar-refractivity contribution >= 4 is 5.96 Å². The Labute approximate surface area is 137 Å². The average Bonchev–Trinajstić information content (AvgIpc) is 3.05. The molecule has 0 amide bonds. The molecule has 0 bridgehead atoms. The number of nitriles is 1. The predicted octanol–water partition coefficient (Wildman–Crippen LogP) is 1.01. The van der Waals surface area contributed by atoms with E-state index in [9.17, 15) is 5.11 Å². The number of guanidine groups is 1. The monoisotopic (exact) mass is 316 g/mol. The largest absolute Gasteiger partial charge is 0.396 e. The van der Waals surface area contributed by atoms with E-state index in [-0.39, 0.29) is 12.0 Å². The molecule has 23 heavy (non-hydrogen) atoms. The topological polar surface area (TPSA) is 89.7 Å². The van der Waals surface area contributed by atoms with Gasteiger partial charge in [-0.2, -0.15) is 5.26 Å². The van der Waals surface area contributed by atoms with Gasteiger partial charge < -0.3 is 20.5 Å². The van der Waals surface area contributed by atoms with Crippen molar-refractivity contribution in [3.8, 4) is 6.07 Å². The van der Waals surface area contributed by atoms with Crippen molar-refractivity contribution in [2.75, 3.05) is 33.4 Å². The van der Waals surface area contributed by atoms with Gasteiger partial charge in [-0.05, 0) is 30.5 Å². The third-order valence-corrected chi connectivity index (χ3v) is 4.22. The van der Waals surface area contributed by atoms with E-state index in [1.807, 2.05) is 12.1 Å². The summed E-state index contributed by atoms with van der Waals surface area (Å²) in [6, 6.07) is 9.57. The van der Waals surface area contributed by atoms with Crippen LogP contribution in [0, 0.1) is 16.7 Å². The zero-order valence-corrected chi connectivity index (χ0v) is 13.5. The van der Waals surface area contributed by atoms with Gasteiger partial charge in [0.25, 0.3) is 0 Å². The Morgan fingerprint density at radius 1 is 1.39 bits per heavy atom. The van der Waals surface area contributed by atoms with E-state index >= 15 is 0 Å². The second-order valence-corrected chi connectivity index (χ2v) is 5.86. The minimum Gasteiger partial charge on any atom is -0.396 e. The summed E-state index contributed by atoms with van der Waals surface area (Å²) < 4.78 is 5.49. The Hall–Kier alpha value is -2.10. The molecule has 6 nitrogen and oxygen atoms in total. The van der Waals surface area contributed by atoms with Crippen LogP contribution in [-0.4, -0.2) is 44.5 Å². The molecule has 6 heteroatoms. The third-order valence-electron chi connectivity index (χ3n) is 4.22. The fourth-order valence-electron chi connectivity index (χ4n) is 2.69. The van der Waals surface area contributed by atoms with Crippen LogP contribution in [0.4, 0.5) is 0 Å². The Morgan fingerprint density at radius 3 is 2.74 bits per heavy atom. The Balaban J connectivity index is 1.84. The van der Waals surface area contributed by atoms with Crippen LogP contribution < -0.4 is 10.6 Å². The van der Waals surface area contributed by atoms with Gasteiger partial charge in [-0.3, -0.25) is 4.99 Å². The molecule has 124 valence electrons. The van der Waals surface area contributed by atoms with Gasteiger partial charge in [-0.1, -0.05) is 12.1 Å². The van der Waals surface area contributed by atoms with Crippen molar-refractivity contribution in [2.24, 2.45) is 10.4 Å². The van der Waals surface area contributed by atoms with Gasteiger partial charge in [0.15, 0.2) is 5.96 Å². The van der Waals surface area contributed by atoms with Crippen LogP contribution in [0.25, 0.3) is 0 Å². The molecule has 1 aromatic carbocycles. The number of nitrogens with zero attached hydrogens (tertiary/aromatic N) is 2. The number of ether oxygens (including phenoxy) is 1. The number of aliphatic hydroxyl groups excluding tert-OH is 1. The highest BCUT2D eigenvalue weighted by molar-refractivity contribution is 5.79. The standard InChI is InChI=1S/C17H24N4O2/c1-19-16(20-11-15-4-2-14(10-18)3-5-15)21-12-17(6-8-22)7-9-23-13-17/h2-5,22H,6-9,11-13H2,1H3,(H2,19,20,21). The van der Waals surface area contributed by atoms with Crippen molar-refractivity contribution in [1.29, 1.82) is 5.26 Å². The van der Waals surface area contributed by atoms with Gasteiger partial charge in [-0.25, -0.2) is 0 Å². The molecule has 0 spiro atoms. The number of aliphatic imine (C=N–C) groups is 1. The van der Waals surface area contributed by atoms with Crippen molar-refractivity contribution in [1.82, 2.24) is 10.6 Å². The summed E-state index contributed by atoms with van der Waals surface area (Å²) in [7, 11) is 1.73. The first kappa shape index (κ1) is 17.3. The van der Waals surface area contributed by atoms with Gasteiger partial charge >= 0.3 is 0 Å². The van der Waals surface area contributed by atoms with Crippen molar-refractivity contribution in [2.45, 2.75) is 19.4 Å².